The zero-order valence-electron chi connectivity index (χ0n) is 12.4. The number of nitrogens with zero attached hydrogens (tertiary/aromatic N) is 1. The molecule has 3 nitrogen and oxygen atoms in total. The van der Waals surface area contributed by atoms with Gasteiger partial charge in [-0.15, -0.1) is 0 Å². The number of benzene rings is 1. The second kappa shape index (κ2) is 7.03. The maximum atomic E-state index is 10.2. The minimum atomic E-state index is -0.442. The Morgan fingerprint density at radius 1 is 1.40 bits per heavy atom. The summed E-state index contributed by atoms with van der Waals surface area (Å²) < 4.78 is 1.01. The van der Waals surface area contributed by atoms with Crippen LogP contribution in [0.1, 0.15) is 31.4 Å². The van der Waals surface area contributed by atoms with Crippen LogP contribution in [0.4, 0.5) is 0 Å². The van der Waals surface area contributed by atoms with Gasteiger partial charge in [-0.3, -0.25) is 0 Å². The van der Waals surface area contributed by atoms with Crippen molar-refractivity contribution in [3.63, 3.8) is 0 Å². The standard InChI is InChI=1S/C16H25BrN2O/c1-16(6-8-19(2)9-7-16)12-18-11-15(20)13-4-3-5-14(17)10-13/h3-5,10,15,18,20H,6-9,11-12H2,1-2H3. The molecule has 112 valence electrons. The van der Waals surface area contributed by atoms with Gasteiger partial charge in [0.15, 0.2) is 0 Å². The molecule has 1 aromatic rings. The van der Waals surface area contributed by atoms with Crippen molar-refractivity contribution >= 4 is 15.9 Å². The molecule has 0 saturated carbocycles. The minimum Gasteiger partial charge on any atom is -0.387 e. The summed E-state index contributed by atoms with van der Waals surface area (Å²) >= 11 is 3.44. The van der Waals surface area contributed by atoms with Crippen molar-refractivity contribution in [3.8, 4) is 0 Å². The molecule has 1 unspecified atom stereocenters. The number of hydrogen-bond donors (Lipinski definition) is 2. The molecule has 0 aliphatic carbocycles. The number of aliphatic hydroxyl groups is 1. The molecule has 1 aromatic carbocycles. The molecule has 0 bridgehead atoms. The fourth-order valence-corrected chi connectivity index (χ4v) is 3.09. The molecular formula is C16H25BrN2O. The third-order valence-corrected chi connectivity index (χ3v) is 4.81. The van der Waals surface area contributed by atoms with Gasteiger partial charge in [-0.25, -0.2) is 0 Å². The van der Waals surface area contributed by atoms with Gasteiger partial charge in [-0.2, -0.15) is 0 Å². The second-order valence-corrected chi connectivity index (χ2v) is 7.23. The molecule has 2 rings (SSSR count). The first-order valence-corrected chi connectivity index (χ1v) is 8.11. The number of aliphatic hydroxyl groups excluding tert-OH is 1. The lowest BCUT2D eigenvalue weighted by molar-refractivity contribution is 0.124. The molecule has 1 heterocycles. The van der Waals surface area contributed by atoms with Crippen LogP contribution >= 0.6 is 15.9 Å². The summed E-state index contributed by atoms with van der Waals surface area (Å²) in [5.74, 6) is 0. The van der Waals surface area contributed by atoms with Gasteiger partial charge in [0.2, 0.25) is 0 Å². The van der Waals surface area contributed by atoms with E-state index in [0.717, 1.165) is 16.6 Å². The number of likely N-dealkylation sites (tertiary alicyclic amines) is 1. The Balaban J connectivity index is 1.78. The van der Waals surface area contributed by atoms with Crippen molar-refractivity contribution < 1.29 is 5.11 Å². The van der Waals surface area contributed by atoms with Crippen LogP contribution in [0.3, 0.4) is 0 Å². The van der Waals surface area contributed by atoms with E-state index in [4.69, 9.17) is 0 Å². The third kappa shape index (κ3) is 4.55. The Hall–Kier alpha value is -0.420. The zero-order valence-corrected chi connectivity index (χ0v) is 14.0. The summed E-state index contributed by atoms with van der Waals surface area (Å²) in [5.41, 5.74) is 1.32. The average molecular weight is 341 g/mol. The average Bonchev–Trinajstić information content (AvgIpc) is 2.42. The molecule has 1 aliphatic heterocycles. The molecule has 0 amide bonds. The van der Waals surface area contributed by atoms with Crippen molar-refractivity contribution in [2.45, 2.75) is 25.9 Å². The highest BCUT2D eigenvalue weighted by molar-refractivity contribution is 9.10. The summed E-state index contributed by atoms with van der Waals surface area (Å²) in [7, 11) is 2.18. The number of nitrogens with one attached hydrogen (secondary N) is 1. The van der Waals surface area contributed by atoms with Gasteiger partial charge in [0.05, 0.1) is 6.10 Å². The summed E-state index contributed by atoms with van der Waals surface area (Å²) in [6, 6.07) is 7.88. The van der Waals surface area contributed by atoms with E-state index in [1.165, 1.54) is 25.9 Å². The van der Waals surface area contributed by atoms with Crippen LogP contribution in [0, 0.1) is 5.41 Å². The highest BCUT2D eigenvalue weighted by atomic mass is 79.9. The molecule has 0 aromatic heterocycles. The van der Waals surface area contributed by atoms with Crippen molar-refractivity contribution in [2.75, 3.05) is 33.2 Å². The largest absolute Gasteiger partial charge is 0.387 e. The van der Waals surface area contributed by atoms with Gasteiger partial charge in [0.25, 0.3) is 0 Å². The van der Waals surface area contributed by atoms with Crippen LogP contribution in [-0.4, -0.2) is 43.2 Å². The summed E-state index contributed by atoms with van der Waals surface area (Å²) in [5, 5.41) is 13.7. The Labute approximate surface area is 130 Å². The maximum absolute atomic E-state index is 10.2. The topological polar surface area (TPSA) is 35.5 Å². The van der Waals surface area contributed by atoms with E-state index in [1.54, 1.807) is 0 Å². The predicted molar refractivity (Wildman–Crippen MR) is 86.8 cm³/mol. The molecule has 1 atom stereocenters. The molecule has 0 spiro atoms. The van der Waals surface area contributed by atoms with E-state index in [-0.39, 0.29) is 0 Å². The highest BCUT2D eigenvalue weighted by Gasteiger charge is 2.28. The molecule has 2 N–H and O–H groups in total. The Kier molecular flexibility index (Phi) is 5.61. The lowest BCUT2D eigenvalue weighted by Gasteiger charge is -2.38. The Morgan fingerprint density at radius 3 is 2.75 bits per heavy atom. The molecular weight excluding hydrogens is 316 g/mol. The molecule has 1 aliphatic rings. The first kappa shape index (κ1) is 16.0. The normalized spacial score (nSPS) is 20.8. The number of hydrogen-bond acceptors (Lipinski definition) is 3. The van der Waals surface area contributed by atoms with Gasteiger partial charge in [-0.05, 0) is 56.1 Å². The quantitative estimate of drug-likeness (QED) is 0.865. The Morgan fingerprint density at radius 2 is 2.10 bits per heavy atom. The van der Waals surface area contributed by atoms with E-state index in [2.05, 4.69) is 40.1 Å². The SMILES string of the molecule is CN1CCC(C)(CNCC(O)c2cccc(Br)c2)CC1. The molecule has 20 heavy (non-hydrogen) atoms. The van der Waals surface area contributed by atoms with Crippen LogP contribution in [-0.2, 0) is 0 Å². The number of rotatable bonds is 5. The van der Waals surface area contributed by atoms with E-state index >= 15 is 0 Å². The second-order valence-electron chi connectivity index (χ2n) is 6.32. The van der Waals surface area contributed by atoms with Crippen LogP contribution in [0.2, 0.25) is 0 Å². The first-order valence-electron chi connectivity index (χ1n) is 7.31. The highest BCUT2D eigenvalue weighted by Crippen LogP contribution is 2.29. The van der Waals surface area contributed by atoms with E-state index < -0.39 is 6.10 Å². The van der Waals surface area contributed by atoms with Crippen LogP contribution in [0.25, 0.3) is 0 Å². The third-order valence-electron chi connectivity index (χ3n) is 4.32. The van der Waals surface area contributed by atoms with E-state index in [9.17, 15) is 5.11 Å². The van der Waals surface area contributed by atoms with Crippen molar-refractivity contribution in [3.05, 3.63) is 34.3 Å². The van der Waals surface area contributed by atoms with Gasteiger partial charge in [-0.1, -0.05) is 35.0 Å². The Bertz CT molecular complexity index is 430. The van der Waals surface area contributed by atoms with Crippen LogP contribution in [0.5, 0.6) is 0 Å². The van der Waals surface area contributed by atoms with Gasteiger partial charge in [0.1, 0.15) is 0 Å². The lowest BCUT2D eigenvalue weighted by atomic mass is 9.80. The van der Waals surface area contributed by atoms with Crippen molar-refractivity contribution in [2.24, 2.45) is 5.41 Å². The summed E-state index contributed by atoms with van der Waals surface area (Å²) in [6.07, 6.45) is 2.01. The van der Waals surface area contributed by atoms with Crippen molar-refractivity contribution in [1.29, 1.82) is 0 Å². The maximum Gasteiger partial charge on any atom is 0.0914 e. The minimum absolute atomic E-state index is 0.365. The molecule has 1 fully saturated rings. The zero-order chi connectivity index (χ0) is 14.6. The van der Waals surface area contributed by atoms with Crippen LogP contribution in [0.15, 0.2) is 28.7 Å². The van der Waals surface area contributed by atoms with Crippen molar-refractivity contribution in [1.82, 2.24) is 10.2 Å². The summed E-state index contributed by atoms with van der Waals surface area (Å²) in [6.45, 7) is 6.28. The number of halogens is 1. The molecule has 4 heteroatoms. The monoisotopic (exact) mass is 340 g/mol. The summed E-state index contributed by atoms with van der Waals surface area (Å²) in [4.78, 5) is 2.39. The van der Waals surface area contributed by atoms with Gasteiger partial charge in [0, 0.05) is 17.6 Å². The molecule has 0 radical (unpaired) electrons. The number of piperidine rings is 1. The predicted octanol–water partition coefficient (Wildman–Crippen LogP) is 2.80. The van der Waals surface area contributed by atoms with E-state index in [1.807, 2.05) is 24.3 Å². The van der Waals surface area contributed by atoms with Crippen LogP contribution < -0.4 is 5.32 Å². The van der Waals surface area contributed by atoms with E-state index in [0.29, 0.717) is 12.0 Å². The lowest BCUT2D eigenvalue weighted by Crippen LogP contribution is -2.42. The van der Waals surface area contributed by atoms with Gasteiger partial charge < -0.3 is 15.3 Å². The van der Waals surface area contributed by atoms with Gasteiger partial charge >= 0.3 is 0 Å². The first-order chi connectivity index (χ1) is 9.48. The fraction of sp³-hybridized carbons (Fsp3) is 0.625. The fourth-order valence-electron chi connectivity index (χ4n) is 2.68. The molecule has 1 saturated heterocycles. The smallest absolute Gasteiger partial charge is 0.0914 e.